The van der Waals surface area contributed by atoms with Gasteiger partial charge in [0.05, 0.1) is 17.8 Å². The Hall–Kier alpha value is -2.98. The fraction of sp³-hybridized carbons (Fsp3) is 0.273. The second-order valence-electron chi connectivity index (χ2n) is 7.40. The van der Waals surface area contributed by atoms with Gasteiger partial charge in [-0.05, 0) is 42.5 Å². The predicted molar refractivity (Wildman–Crippen MR) is 116 cm³/mol. The molecule has 2 heterocycles. The molecule has 32 heavy (non-hydrogen) atoms. The second kappa shape index (κ2) is 9.25. The van der Waals surface area contributed by atoms with Crippen molar-refractivity contribution < 1.29 is 22.4 Å². The van der Waals surface area contributed by atoms with Crippen LogP contribution >= 0.6 is 11.3 Å². The summed E-state index contributed by atoms with van der Waals surface area (Å²) in [6, 6.07) is 11.2. The number of rotatable bonds is 5. The summed E-state index contributed by atoms with van der Waals surface area (Å²) < 4.78 is 51.9. The SMILES string of the molecule is O=C(CN1CCN(c2cccc(C(F)(F)F)c2)CC1)Nc1nc(-c2ccc(F)cc2)cs1. The maximum absolute atomic E-state index is 13.1. The summed E-state index contributed by atoms with van der Waals surface area (Å²) in [7, 11) is 0. The number of nitrogens with one attached hydrogen (secondary N) is 1. The summed E-state index contributed by atoms with van der Waals surface area (Å²) in [5.41, 5.74) is 1.27. The van der Waals surface area contributed by atoms with Gasteiger partial charge in [-0.3, -0.25) is 9.69 Å². The minimum atomic E-state index is -4.37. The molecule has 0 unspecified atom stereocenters. The molecule has 0 aliphatic carbocycles. The fourth-order valence-corrected chi connectivity index (χ4v) is 4.23. The van der Waals surface area contributed by atoms with Gasteiger partial charge in [-0.25, -0.2) is 9.37 Å². The Bertz CT molecular complexity index is 1080. The number of amides is 1. The molecule has 4 rings (SSSR count). The number of hydrogen-bond acceptors (Lipinski definition) is 5. The zero-order chi connectivity index (χ0) is 22.7. The Kier molecular flexibility index (Phi) is 6.43. The molecule has 10 heteroatoms. The summed E-state index contributed by atoms with van der Waals surface area (Å²) in [4.78, 5) is 20.6. The fourth-order valence-electron chi connectivity index (χ4n) is 3.49. The van der Waals surface area contributed by atoms with Crippen molar-refractivity contribution in [3.63, 3.8) is 0 Å². The second-order valence-corrected chi connectivity index (χ2v) is 8.26. The van der Waals surface area contributed by atoms with Gasteiger partial charge in [-0.15, -0.1) is 11.3 Å². The molecule has 168 valence electrons. The van der Waals surface area contributed by atoms with Crippen LogP contribution in [0.2, 0.25) is 0 Å². The average molecular weight is 464 g/mol. The van der Waals surface area contributed by atoms with Crippen molar-refractivity contribution >= 4 is 28.1 Å². The Morgan fingerprint density at radius 2 is 1.78 bits per heavy atom. The molecule has 0 bridgehead atoms. The van der Waals surface area contributed by atoms with E-state index < -0.39 is 11.7 Å². The number of nitrogens with zero attached hydrogens (tertiary/aromatic N) is 3. The first kappa shape index (κ1) is 22.2. The molecule has 1 amide bonds. The molecule has 0 saturated carbocycles. The first-order valence-electron chi connectivity index (χ1n) is 9.94. The number of piperazine rings is 1. The number of halogens is 4. The van der Waals surface area contributed by atoms with Crippen LogP contribution in [-0.4, -0.2) is 48.5 Å². The van der Waals surface area contributed by atoms with E-state index in [0.717, 1.165) is 17.7 Å². The van der Waals surface area contributed by atoms with Gasteiger partial charge >= 0.3 is 6.18 Å². The van der Waals surface area contributed by atoms with Gasteiger partial charge in [-0.1, -0.05) is 6.07 Å². The van der Waals surface area contributed by atoms with Crippen LogP contribution in [0.15, 0.2) is 53.9 Å². The summed E-state index contributed by atoms with van der Waals surface area (Å²) in [6.45, 7) is 2.34. The van der Waals surface area contributed by atoms with Crippen molar-refractivity contribution in [1.29, 1.82) is 0 Å². The molecule has 1 aliphatic rings. The van der Waals surface area contributed by atoms with E-state index in [1.54, 1.807) is 23.6 Å². The third-order valence-electron chi connectivity index (χ3n) is 5.17. The van der Waals surface area contributed by atoms with Crippen molar-refractivity contribution in [2.75, 3.05) is 42.9 Å². The predicted octanol–water partition coefficient (Wildman–Crippen LogP) is 4.73. The molecule has 2 aromatic carbocycles. The van der Waals surface area contributed by atoms with E-state index in [1.165, 1.54) is 29.5 Å². The smallest absolute Gasteiger partial charge is 0.369 e. The lowest BCUT2D eigenvalue weighted by Crippen LogP contribution is -2.48. The zero-order valence-corrected chi connectivity index (χ0v) is 17.7. The number of anilines is 2. The van der Waals surface area contributed by atoms with Gasteiger partial charge in [0.2, 0.25) is 5.91 Å². The molecule has 1 aliphatic heterocycles. The molecule has 1 fully saturated rings. The van der Waals surface area contributed by atoms with Gasteiger partial charge in [0.15, 0.2) is 5.13 Å². The Labute approximate surface area is 186 Å². The van der Waals surface area contributed by atoms with E-state index in [4.69, 9.17) is 0 Å². The molecule has 3 aromatic rings. The first-order valence-corrected chi connectivity index (χ1v) is 10.8. The molecule has 5 nitrogen and oxygen atoms in total. The highest BCUT2D eigenvalue weighted by Gasteiger charge is 2.31. The van der Waals surface area contributed by atoms with Crippen LogP contribution in [0.25, 0.3) is 11.3 Å². The number of aromatic nitrogens is 1. The van der Waals surface area contributed by atoms with Gasteiger partial charge < -0.3 is 10.2 Å². The lowest BCUT2D eigenvalue weighted by atomic mass is 10.1. The van der Waals surface area contributed by atoms with Crippen LogP contribution in [0.1, 0.15) is 5.56 Å². The van der Waals surface area contributed by atoms with Crippen molar-refractivity contribution in [2.45, 2.75) is 6.18 Å². The third kappa shape index (κ3) is 5.43. The lowest BCUT2D eigenvalue weighted by molar-refractivity contribution is -0.137. The Morgan fingerprint density at radius 1 is 1.06 bits per heavy atom. The van der Waals surface area contributed by atoms with Crippen LogP contribution in [0.3, 0.4) is 0 Å². The standard InChI is InChI=1S/C22H20F4N4OS/c23-17-6-4-15(5-7-17)19-14-32-21(27-19)28-20(31)13-29-8-10-30(11-9-29)18-3-1-2-16(12-18)22(24,25)26/h1-7,12,14H,8-11,13H2,(H,27,28,31). The highest BCUT2D eigenvalue weighted by atomic mass is 32.1. The van der Waals surface area contributed by atoms with Gasteiger partial charge in [0.1, 0.15) is 5.82 Å². The van der Waals surface area contributed by atoms with Crippen LogP contribution in [0.4, 0.5) is 28.4 Å². The number of alkyl halides is 3. The van der Waals surface area contributed by atoms with Crippen LogP contribution in [0, 0.1) is 5.82 Å². The minimum absolute atomic E-state index is 0.169. The molecular formula is C22H20F4N4OS. The van der Waals surface area contributed by atoms with Crippen molar-refractivity contribution in [1.82, 2.24) is 9.88 Å². The largest absolute Gasteiger partial charge is 0.416 e. The zero-order valence-electron chi connectivity index (χ0n) is 16.9. The number of carbonyl (C=O) groups excluding carboxylic acids is 1. The molecule has 1 saturated heterocycles. The Morgan fingerprint density at radius 3 is 2.47 bits per heavy atom. The van der Waals surface area contributed by atoms with Crippen LogP contribution in [-0.2, 0) is 11.0 Å². The van der Waals surface area contributed by atoms with Gasteiger partial charge in [-0.2, -0.15) is 13.2 Å². The van der Waals surface area contributed by atoms with E-state index in [-0.39, 0.29) is 18.3 Å². The van der Waals surface area contributed by atoms with Crippen LogP contribution < -0.4 is 10.2 Å². The maximum atomic E-state index is 13.1. The lowest BCUT2D eigenvalue weighted by Gasteiger charge is -2.35. The third-order valence-corrected chi connectivity index (χ3v) is 5.93. The summed E-state index contributed by atoms with van der Waals surface area (Å²) in [5.74, 6) is -0.539. The molecule has 0 spiro atoms. The van der Waals surface area contributed by atoms with Gasteiger partial charge in [0.25, 0.3) is 0 Å². The highest BCUT2D eigenvalue weighted by molar-refractivity contribution is 7.14. The highest BCUT2D eigenvalue weighted by Crippen LogP contribution is 2.32. The molecular weight excluding hydrogens is 444 g/mol. The number of carbonyl (C=O) groups is 1. The summed E-state index contributed by atoms with van der Waals surface area (Å²) in [5, 5.41) is 5.02. The molecule has 0 radical (unpaired) electrons. The number of hydrogen-bond donors (Lipinski definition) is 1. The van der Waals surface area contributed by atoms with Crippen LogP contribution in [0.5, 0.6) is 0 Å². The van der Waals surface area contributed by atoms with Crippen molar-refractivity contribution in [3.8, 4) is 11.3 Å². The van der Waals surface area contributed by atoms with Crippen molar-refractivity contribution in [3.05, 3.63) is 65.3 Å². The van der Waals surface area contributed by atoms with Crippen molar-refractivity contribution in [2.24, 2.45) is 0 Å². The normalized spacial score (nSPS) is 15.1. The topological polar surface area (TPSA) is 48.5 Å². The maximum Gasteiger partial charge on any atom is 0.416 e. The average Bonchev–Trinajstić information content (AvgIpc) is 3.22. The monoisotopic (exact) mass is 464 g/mol. The molecule has 1 aromatic heterocycles. The van der Waals surface area contributed by atoms with E-state index in [9.17, 15) is 22.4 Å². The molecule has 0 atom stereocenters. The van der Waals surface area contributed by atoms with E-state index in [1.807, 2.05) is 9.80 Å². The summed E-state index contributed by atoms with van der Waals surface area (Å²) in [6.07, 6.45) is -4.37. The minimum Gasteiger partial charge on any atom is -0.369 e. The van der Waals surface area contributed by atoms with E-state index in [0.29, 0.717) is 42.7 Å². The number of thiazole rings is 1. The van der Waals surface area contributed by atoms with E-state index in [2.05, 4.69) is 10.3 Å². The Balaban J connectivity index is 1.28. The first-order chi connectivity index (χ1) is 15.3. The van der Waals surface area contributed by atoms with E-state index >= 15 is 0 Å². The quantitative estimate of drug-likeness (QED) is 0.555. The summed E-state index contributed by atoms with van der Waals surface area (Å²) >= 11 is 1.28. The molecule has 1 N–H and O–H groups in total. The van der Waals surface area contributed by atoms with Gasteiger partial charge in [0, 0.05) is 42.8 Å². The number of benzene rings is 2.